The van der Waals surface area contributed by atoms with Gasteiger partial charge in [0, 0.05) is 17.5 Å². The molecule has 0 saturated carbocycles. The first-order chi connectivity index (χ1) is 13.0. The van der Waals surface area contributed by atoms with Crippen LogP contribution in [-0.2, 0) is 9.59 Å². The maximum absolute atomic E-state index is 12.4. The molecule has 1 heterocycles. The maximum atomic E-state index is 12.4. The fourth-order valence-corrected chi connectivity index (χ4v) is 3.49. The van der Waals surface area contributed by atoms with Crippen molar-refractivity contribution in [2.45, 2.75) is 30.1 Å². The zero-order valence-electron chi connectivity index (χ0n) is 15.2. The van der Waals surface area contributed by atoms with Crippen LogP contribution in [0.1, 0.15) is 13.8 Å². The van der Waals surface area contributed by atoms with Crippen molar-refractivity contribution in [2.24, 2.45) is 0 Å². The van der Waals surface area contributed by atoms with Gasteiger partial charge in [-0.1, -0.05) is 12.1 Å². The van der Waals surface area contributed by atoms with Crippen LogP contribution in [0.5, 0.6) is 11.5 Å². The van der Waals surface area contributed by atoms with E-state index in [0.717, 1.165) is 16.3 Å². The summed E-state index contributed by atoms with van der Waals surface area (Å²) in [5.41, 5.74) is 0.735. The minimum absolute atomic E-state index is 0.0617. The van der Waals surface area contributed by atoms with Crippen molar-refractivity contribution in [1.29, 1.82) is 0 Å². The van der Waals surface area contributed by atoms with E-state index in [1.54, 1.807) is 0 Å². The molecule has 1 aliphatic rings. The lowest BCUT2D eigenvalue weighted by Gasteiger charge is -2.26. The summed E-state index contributed by atoms with van der Waals surface area (Å²) in [7, 11) is 0. The molecule has 2 aromatic rings. The third kappa shape index (κ3) is 5.40. The summed E-state index contributed by atoms with van der Waals surface area (Å²) in [4.78, 5) is 24.4. The fourth-order valence-electron chi connectivity index (χ4n) is 2.60. The highest BCUT2D eigenvalue weighted by Gasteiger charge is 2.22. The molecule has 2 amide bonds. The molecule has 1 aliphatic heterocycles. The molecule has 3 rings (SSSR count). The van der Waals surface area contributed by atoms with Crippen LogP contribution in [-0.4, -0.2) is 36.3 Å². The third-order valence-corrected chi connectivity index (χ3v) is 5.04. The van der Waals surface area contributed by atoms with Gasteiger partial charge < -0.3 is 20.1 Å². The van der Waals surface area contributed by atoms with E-state index in [1.807, 2.05) is 55.5 Å². The topological polar surface area (TPSA) is 76.7 Å². The van der Waals surface area contributed by atoms with E-state index in [0.29, 0.717) is 18.9 Å². The highest BCUT2D eigenvalue weighted by molar-refractivity contribution is 8.00. The van der Waals surface area contributed by atoms with Gasteiger partial charge in [0.1, 0.15) is 12.7 Å². The number of benzene rings is 2. The molecular formula is C20H22N2O4S. The van der Waals surface area contributed by atoms with E-state index < -0.39 is 0 Å². The molecule has 7 heteroatoms. The standard InChI is InChI=1S/C20H22N2O4S/c1-13(27-17-9-7-15(8-10-17)22-14(2)23)20(24)21-11-16-12-25-18-5-3-4-6-19(18)26-16/h3-10,13,16H,11-12H2,1-2H3,(H,21,24)(H,22,23). The first-order valence-corrected chi connectivity index (χ1v) is 9.60. The summed E-state index contributed by atoms with van der Waals surface area (Å²) in [5.74, 6) is 1.25. The molecule has 2 aromatic carbocycles. The summed E-state index contributed by atoms with van der Waals surface area (Å²) < 4.78 is 11.5. The van der Waals surface area contributed by atoms with Crippen molar-refractivity contribution in [3.05, 3.63) is 48.5 Å². The van der Waals surface area contributed by atoms with Gasteiger partial charge in [-0.15, -0.1) is 11.8 Å². The minimum Gasteiger partial charge on any atom is -0.486 e. The van der Waals surface area contributed by atoms with Crippen molar-refractivity contribution in [1.82, 2.24) is 5.32 Å². The third-order valence-electron chi connectivity index (χ3n) is 3.93. The van der Waals surface area contributed by atoms with Gasteiger partial charge in [0.05, 0.1) is 11.8 Å². The molecule has 0 fully saturated rings. The van der Waals surface area contributed by atoms with Crippen LogP contribution in [0.3, 0.4) is 0 Å². The van der Waals surface area contributed by atoms with E-state index in [1.165, 1.54) is 18.7 Å². The SMILES string of the molecule is CC(=O)Nc1ccc(SC(C)C(=O)NCC2COc3ccccc3O2)cc1. The normalized spacial score (nSPS) is 16.3. The summed E-state index contributed by atoms with van der Waals surface area (Å²) >= 11 is 1.46. The van der Waals surface area contributed by atoms with E-state index >= 15 is 0 Å². The number of ether oxygens (including phenoxy) is 2. The number of hydrogen-bond donors (Lipinski definition) is 2. The first-order valence-electron chi connectivity index (χ1n) is 8.72. The summed E-state index contributed by atoms with van der Waals surface area (Å²) in [6.45, 7) is 4.12. The Hall–Kier alpha value is -2.67. The van der Waals surface area contributed by atoms with Gasteiger partial charge in [-0.3, -0.25) is 9.59 Å². The van der Waals surface area contributed by atoms with Crippen molar-refractivity contribution in [2.75, 3.05) is 18.5 Å². The quantitative estimate of drug-likeness (QED) is 0.746. The Kier molecular flexibility index (Phi) is 6.24. The summed E-state index contributed by atoms with van der Waals surface area (Å²) in [6.07, 6.45) is -0.210. The molecule has 0 bridgehead atoms. The molecule has 2 unspecified atom stereocenters. The molecule has 0 aliphatic carbocycles. The number of carbonyl (C=O) groups excluding carboxylic acids is 2. The van der Waals surface area contributed by atoms with Crippen LogP contribution in [0, 0.1) is 0 Å². The monoisotopic (exact) mass is 386 g/mol. The maximum Gasteiger partial charge on any atom is 0.233 e. The van der Waals surface area contributed by atoms with Gasteiger partial charge in [0.2, 0.25) is 11.8 Å². The number of fused-ring (bicyclic) bond motifs is 1. The fraction of sp³-hybridized carbons (Fsp3) is 0.300. The number of para-hydroxylation sites is 2. The van der Waals surface area contributed by atoms with E-state index in [4.69, 9.17) is 9.47 Å². The molecule has 0 radical (unpaired) electrons. The molecule has 27 heavy (non-hydrogen) atoms. The number of hydrogen-bond acceptors (Lipinski definition) is 5. The summed E-state index contributed by atoms with van der Waals surface area (Å²) in [6, 6.07) is 14.9. The lowest BCUT2D eigenvalue weighted by Crippen LogP contribution is -2.42. The molecule has 2 atom stereocenters. The van der Waals surface area contributed by atoms with Crippen molar-refractivity contribution >= 4 is 29.3 Å². The molecule has 0 saturated heterocycles. The second-order valence-electron chi connectivity index (χ2n) is 6.21. The summed E-state index contributed by atoms with van der Waals surface area (Å²) in [5, 5.41) is 5.38. The Balaban J connectivity index is 1.46. The number of amides is 2. The van der Waals surface area contributed by atoms with Gasteiger partial charge in [0.25, 0.3) is 0 Å². The highest BCUT2D eigenvalue weighted by atomic mass is 32.2. The second kappa shape index (κ2) is 8.81. The molecule has 2 N–H and O–H groups in total. The van der Waals surface area contributed by atoms with Crippen LogP contribution in [0.15, 0.2) is 53.4 Å². The highest BCUT2D eigenvalue weighted by Crippen LogP contribution is 2.30. The number of rotatable bonds is 6. The Labute approximate surface area is 162 Å². The average molecular weight is 386 g/mol. The van der Waals surface area contributed by atoms with Crippen LogP contribution < -0.4 is 20.1 Å². The Bertz CT molecular complexity index is 810. The Morgan fingerprint density at radius 1 is 1.15 bits per heavy atom. The molecule has 142 valence electrons. The van der Waals surface area contributed by atoms with Crippen LogP contribution >= 0.6 is 11.8 Å². The lowest BCUT2D eigenvalue weighted by atomic mass is 10.2. The number of thioether (sulfide) groups is 1. The zero-order chi connectivity index (χ0) is 19.2. The second-order valence-corrected chi connectivity index (χ2v) is 7.62. The Morgan fingerprint density at radius 3 is 2.56 bits per heavy atom. The van der Waals surface area contributed by atoms with Crippen molar-refractivity contribution in [3.8, 4) is 11.5 Å². The van der Waals surface area contributed by atoms with Crippen molar-refractivity contribution < 1.29 is 19.1 Å². The lowest BCUT2D eigenvalue weighted by molar-refractivity contribution is -0.120. The van der Waals surface area contributed by atoms with E-state index in [2.05, 4.69) is 10.6 Å². The molecule has 0 spiro atoms. The van der Waals surface area contributed by atoms with Gasteiger partial charge in [-0.05, 0) is 43.3 Å². The van der Waals surface area contributed by atoms with Gasteiger partial charge >= 0.3 is 0 Å². The van der Waals surface area contributed by atoms with Crippen LogP contribution in [0.25, 0.3) is 0 Å². The van der Waals surface area contributed by atoms with Crippen molar-refractivity contribution in [3.63, 3.8) is 0 Å². The number of nitrogens with one attached hydrogen (secondary N) is 2. The van der Waals surface area contributed by atoms with Crippen LogP contribution in [0.4, 0.5) is 5.69 Å². The zero-order valence-corrected chi connectivity index (χ0v) is 16.0. The number of anilines is 1. The van der Waals surface area contributed by atoms with Gasteiger partial charge in [0.15, 0.2) is 11.5 Å². The smallest absolute Gasteiger partial charge is 0.233 e. The first kappa shape index (κ1) is 19.1. The average Bonchev–Trinajstić information content (AvgIpc) is 2.67. The van der Waals surface area contributed by atoms with Crippen LogP contribution in [0.2, 0.25) is 0 Å². The molecule has 0 aromatic heterocycles. The van der Waals surface area contributed by atoms with E-state index in [-0.39, 0.29) is 23.2 Å². The predicted molar refractivity (Wildman–Crippen MR) is 105 cm³/mol. The van der Waals surface area contributed by atoms with Gasteiger partial charge in [-0.25, -0.2) is 0 Å². The minimum atomic E-state index is -0.256. The largest absolute Gasteiger partial charge is 0.486 e. The van der Waals surface area contributed by atoms with E-state index in [9.17, 15) is 9.59 Å². The Morgan fingerprint density at radius 2 is 1.85 bits per heavy atom. The molecule has 6 nitrogen and oxygen atoms in total. The number of carbonyl (C=O) groups is 2. The molecular weight excluding hydrogens is 364 g/mol. The predicted octanol–water partition coefficient (Wildman–Crippen LogP) is 3.08. The van der Waals surface area contributed by atoms with Gasteiger partial charge in [-0.2, -0.15) is 0 Å².